The van der Waals surface area contributed by atoms with Gasteiger partial charge in [-0.05, 0) is 113 Å². The van der Waals surface area contributed by atoms with Crippen LogP contribution >= 0.6 is 0 Å². The van der Waals surface area contributed by atoms with Gasteiger partial charge in [0, 0.05) is 50.7 Å². The van der Waals surface area contributed by atoms with E-state index in [0.29, 0.717) is 0 Å². The van der Waals surface area contributed by atoms with Gasteiger partial charge in [0.25, 0.3) is 0 Å². The summed E-state index contributed by atoms with van der Waals surface area (Å²) in [5.41, 5.74) is 13.4. The molecule has 2 aromatic heterocycles. The molecule has 0 saturated carbocycles. The third-order valence-electron chi connectivity index (χ3n) is 11.7. The lowest BCUT2D eigenvalue weighted by Gasteiger charge is -2.33. The van der Waals surface area contributed by atoms with Crippen molar-refractivity contribution < 1.29 is 9.15 Å². The molecule has 0 fully saturated rings. The summed E-state index contributed by atoms with van der Waals surface area (Å²) in [4.78, 5) is 4.65. The number of aromatic nitrogens is 1. The Kier molecular flexibility index (Phi) is 8.10. The molecule has 0 saturated heterocycles. The Morgan fingerprint density at radius 3 is 1.70 bits per heavy atom. The van der Waals surface area contributed by atoms with Gasteiger partial charge in [0.2, 0.25) is 0 Å². The third kappa shape index (κ3) is 5.86. The van der Waals surface area contributed by atoms with Gasteiger partial charge in [0.15, 0.2) is 17.3 Å². The van der Waals surface area contributed by atoms with Crippen molar-refractivity contribution in [1.29, 1.82) is 0 Å². The number of nitrogens with zero attached hydrogens (tertiary/aromatic N) is 3. The molecule has 1 aliphatic rings. The number of benzene rings is 9. The molecule has 0 amide bonds. The Morgan fingerprint density at radius 2 is 0.951 bits per heavy atom. The molecule has 3 heterocycles. The molecular formula is C56H37N3O2. The van der Waals surface area contributed by atoms with Crippen LogP contribution in [0.4, 0.5) is 34.3 Å². The SMILES string of the molecule is c1ccc(-c2cccc(N(c3cccc(-c4ccc5c(c4)Oc4c(n(-c6ccccc6)c6ccccc46)N5c4ccccc4)c3)c3ccc4c(c3)oc3ccccc34)c2)cc1. The van der Waals surface area contributed by atoms with Gasteiger partial charge in [0.05, 0.1) is 11.2 Å². The molecule has 0 spiro atoms. The topological polar surface area (TPSA) is 33.8 Å². The molecule has 12 rings (SSSR count). The van der Waals surface area contributed by atoms with Crippen LogP contribution in [-0.4, -0.2) is 4.57 Å². The van der Waals surface area contributed by atoms with E-state index in [9.17, 15) is 0 Å². The largest absolute Gasteiger partial charge is 0.456 e. The van der Waals surface area contributed by atoms with E-state index in [0.717, 1.165) is 101 Å². The van der Waals surface area contributed by atoms with E-state index in [2.05, 4.69) is 227 Å². The summed E-state index contributed by atoms with van der Waals surface area (Å²) in [6.07, 6.45) is 0. The molecule has 5 heteroatoms. The quantitative estimate of drug-likeness (QED) is 0.161. The van der Waals surface area contributed by atoms with Crippen LogP contribution in [-0.2, 0) is 0 Å². The molecule has 0 aliphatic carbocycles. The van der Waals surface area contributed by atoms with Crippen molar-refractivity contribution in [2.75, 3.05) is 9.80 Å². The summed E-state index contributed by atoms with van der Waals surface area (Å²) in [6, 6.07) is 79.0. The predicted molar refractivity (Wildman–Crippen MR) is 251 cm³/mol. The summed E-state index contributed by atoms with van der Waals surface area (Å²) in [5.74, 6) is 2.58. The third-order valence-corrected chi connectivity index (χ3v) is 11.7. The van der Waals surface area contributed by atoms with Crippen molar-refractivity contribution >= 4 is 67.1 Å². The minimum absolute atomic E-state index is 0.790. The monoisotopic (exact) mass is 783 g/mol. The first kappa shape index (κ1) is 34.7. The Balaban J connectivity index is 1.00. The summed E-state index contributed by atoms with van der Waals surface area (Å²) in [6.45, 7) is 0. The van der Waals surface area contributed by atoms with Gasteiger partial charge >= 0.3 is 0 Å². The number of rotatable bonds is 7. The van der Waals surface area contributed by atoms with E-state index in [1.807, 2.05) is 12.1 Å². The van der Waals surface area contributed by atoms with Crippen LogP contribution in [0.5, 0.6) is 11.5 Å². The summed E-state index contributed by atoms with van der Waals surface area (Å²) < 4.78 is 15.8. The van der Waals surface area contributed by atoms with E-state index in [1.54, 1.807) is 0 Å². The first-order chi connectivity index (χ1) is 30.2. The van der Waals surface area contributed by atoms with Crippen LogP contribution in [0, 0.1) is 0 Å². The van der Waals surface area contributed by atoms with Gasteiger partial charge in [-0.1, -0.05) is 127 Å². The molecule has 0 radical (unpaired) electrons. The second-order valence-electron chi connectivity index (χ2n) is 15.4. The fourth-order valence-electron chi connectivity index (χ4n) is 8.94. The van der Waals surface area contributed by atoms with Gasteiger partial charge < -0.3 is 14.1 Å². The van der Waals surface area contributed by atoms with Crippen LogP contribution in [0.25, 0.3) is 60.8 Å². The zero-order valence-corrected chi connectivity index (χ0v) is 33.0. The molecule has 0 bridgehead atoms. The number of hydrogen-bond donors (Lipinski definition) is 0. The number of anilines is 6. The average molecular weight is 784 g/mol. The van der Waals surface area contributed by atoms with Crippen LogP contribution < -0.4 is 14.5 Å². The van der Waals surface area contributed by atoms with Crippen molar-refractivity contribution in [2.45, 2.75) is 0 Å². The highest BCUT2D eigenvalue weighted by molar-refractivity contribution is 6.06. The Hall–Kier alpha value is -8.28. The molecule has 5 nitrogen and oxygen atoms in total. The molecule has 0 atom stereocenters. The first-order valence-electron chi connectivity index (χ1n) is 20.6. The molecule has 1 aliphatic heterocycles. The highest BCUT2D eigenvalue weighted by atomic mass is 16.5. The smallest absolute Gasteiger partial charge is 0.178 e. The second kappa shape index (κ2) is 14.2. The highest BCUT2D eigenvalue weighted by Gasteiger charge is 2.33. The summed E-state index contributed by atoms with van der Waals surface area (Å²) in [5, 5.41) is 3.26. The second-order valence-corrected chi connectivity index (χ2v) is 15.4. The van der Waals surface area contributed by atoms with E-state index < -0.39 is 0 Å². The van der Waals surface area contributed by atoms with Crippen molar-refractivity contribution in [2.24, 2.45) is 0 Å². The fourth-order valence-corrected chi connectivity index (χ4v) is 8.94. The lowest BCUT2D eigenvalue weighted by Crippen LogP contribution is -2.18. The van der Waals surface area contributed by atoms with Gasteiger partial charge in [-0.2, -0.15) is 0 Å². The van der Waals surface area contributed by atoms with E-state index in [-0.39, 0.29) is 0 Å². The lowest BCUT2D eigenvalue weighted by atomic mass is 10.0. The Labute approximate surface area is 353 Å². The van der Waals surface area contributed by atoms with Crippen molar-refractivity contribution in [1.82, 2.24) is 4.57 Å². The predicted octanol–water partition coefficient (Wildman–Crippen LogP) is 15.9. The number of fused-ring (bicyclic) bond motifs is 7. The molecule has 0 N–H and O–H groups in total. The zero-order chi connectivity index (χ0) is 40.3. The molecular weight excluding hydrogens is 747 g/mol. The normalized spacial score (nSPS) is 12.0. The Morgan fingerprint density at radius 1 is 0.377 bits per heavy atom. The minimum Gasteiger partial charge on any atom is -0.456 e. The number of hydrogen-bond acceptors (Lipinski definition) is 4. The van der Waals surface area contributed by atoms with Crippen LogP contribution in [0.2, 0.25) is 0 Å². The summed E-state index contributed by atoms with van der Waals surface area (Å²) >= 11 is 0. The minimum atomic E-state index is 0.790. The van der Waals surface area contributed by atoms with E-state index in [1.165, 1.54) is 5.56 Å². The van der Waals surface area contributed by atoms with Gasteiger partial charge in [-0.25, -0.2) is 0 Å². The maximum Gasteiger partial charge on any atom is 0.178 e. The van der Waals surface area contributed by atoms with Crippen LogP contribution in [0.3, 0.4) is 0 Å². The molecule has 61 heavy (non-hydrogen) atoms. The molecule has 288 valence electrons. The van der Waals surface area contributed by atoms with Gasteiger partial charge in [0.1, 0.15) is 11.2 Å². The van der Waals surface area contributed by atoms with Crippen molar-refractivity contribution in [3.63, 3.8) is 0 Å². The maximum absolute atomic E-state index is 7.06. The standard InChI is InChI=1S/C56H37N3O2/c1-4-16-38(17-5-1)39-18-14-24-44(34-39)57(46-31-32-48-47-26-11-13-29-52(47)60-53(48)37-46)45-25-15-19-40(35-45)41-30-33-51-54(36-41)61-55-49-27-10-12-28-50(49)58(42-20-6-2-7-21-42)56(55)59(51)43-22-8-3-9-23-43/h1-37H. The molecule has 9 aromatic carbocycles. The number of para-hydroxylation sites is 4. The van der Waals surface area contributed by atoms with E-state index >= 15 is 0 Å². The van der Waals surface area contributed by atoms with Crippen LogP contribution in [0.15, 0.2) is 229 Å². The fraction of sp³-hybridized carbons (Fsp3) is 0. The zero-order valence-electron chi connectivity index (χ0n) is 33.0. The van der Waals surface area contributed by atoms with E-state index in [4.69, 9.17) is 9.15 Å². The van der Waals surface area contributed by atoms with Crippen molar-refractivity contribution in [3.8, 4) is 39.4 Å². The van der Waals surface area contributed by atoms with Crippen LogP contribution in [0.1, 0.15) is 0 Å². The lowest BCUT2D eigenvalue weighted by molar-refractivity contribution is 0.481. The molecule has 11 aromatic rings. The summed E-state index contributed by atoms with van der Waals surface area (Å²) in [7, 11) is 0. The maximum atomic E-state index is 7.06. The Bertz CT molecular complexity index is 3410. The average Bonchev–Trinajstić information content (AvgIpc) is 3.87. The van der Waals surface area contributed by atoms with Crippen molar-refractivity contribution in [3.05, 3.63) is 224 Å². The van der Waals surface area contributed by atoms with Gasteiger partial charge in [-0.15, -0.1) is 0 Å². The number of ether oxygens (including phenoxy) is 1. The number of furan rings is 1. The molecule has 0 unspecified atom stereocenters. The van der Waals surface area contributed by atoms with Gasteiger partial charge in [-0.3, -0.25) is 9.47 Å². The highest BCUT2D eigenvalue weighted by Crippen LogP contribution is 2.56. The first-order valence-corrected chi connectivity index (χ1v) is 20.6.